The number of esters is 2. The molecule has 0 unspecified atom stereocenters. The van der Waals surface area contributed by atoms with Crippen LogP contribution in [0.25, 0.3) is 5.57 Å². The molecule has 0 aliphatic carbocycles. The molecule has 49 heavy (non-hydrogen) atoms. The molecule has 0 radical (unpaired) electrons. The Kier molecular flexibility index (Phi) is 12.9. The predicted octanol–water partition coefficient (Wildman–Crippen LogP) is 6.48. The molecule has 0 saturated heterocycles. The van der Waals surface area contributed by atoms with Crippen LogP contribution < -0.4 is 14.2 Å². The minimum Gasteiger partial charge on any atom is -0.503 e. The molecule has 0 spiro atoms. The SMILES string of the molecule is CO/C=C(/C(=O)OC)c1ccccc1Oc1cc(Oc2ccccc2C#N)ncn1.COC(=O)c1cc(Cl)ccc1NS(=O)(=O)C(F)(F)F. The molecule has 1 aromatic heterocycles. The van der Waals surface area contributed by atoms with Crippen molar-refractivity contribution in [1.82, 2.24) is 9.97 Å². The van der Waals surface area contributed by atoms with E-state index in [1.807, 2.05) is 0 Å². The molecule has 0 saturated carbocycles. The Morgan fingerprint density at radius 1 is 0.878 bits per heavy atom. The number of halogens is 4. The molecule has 4 rings (SSSR count). The highest BCUT2D eigenvalue weighted by Gasteiger charge is 2.46. The second kappa shape index (κ2) is 16.8. The van der Waals surface area contributed by atoms with E-state index in [1.54, 1.807) is 48.5 Å². The molecule has 4 aromatic rings. The third-order valence-electron chi connectivity index (χ3n) is 5.81. The molecule has 1 heterocycles. The van der Waals surface area contributed by atoms with Crippen molar-refractivity contribution < 1.29 is 54.9 Å². The number of hydrogen-bond acceptors (Lipinski definition) is 12. The summed E-state index contributed by atoms with van der Waals surface area (Å²) in [6, 6.07) is 20.2. The molecular formula is C31H24ClF3N4O9S. The quantitative estimate of drug-likeness (QED) is 0.107. The van der Waals surface area contributed by atoms with Gasteiger partial charge in [0.1, 0.15) is 29.5 Å². The number of nitriles is 1. The van der Waals surface area contributed by atoms with Crippen LogP contribution in [-0.4, -0.2) is 57.2 Å². The van der Waals surface area contributed by atoms with Gasteiger partial charge in [0.25, 0.3) is 0 Å². The van der Waals surface area contributed by atoms with Crippen molar-refractivity contribution in [2.24, 2.45) is 0 Å². The standard InChI is InChI=1S/C22H17N3O5.C9H7ClF3NO4S/c1-27-13-17(22(26)28-2)16-8-4-6-10-19(16)30-21-11-20(24-14-25-21)29-18-9-5-3-7-15(18)12-23;1-18-8(15)6-4-5(10)2-3-7(6)14-19(16,17)9(11,12)13/h3-11,13-14H,1-2H3;2-4,14H,1H3/b17-13+;. The van der Waals surface area contributed by atoms with Crippen LogP contribution in [0, 0.1) is 11.3 Å². The maximum atomic E-state index is 12.2. The number of hydrogen-bond donors (Lipinski definition) is 1. The van der Waals surface area contributed by atoms with Gasteiger partial charge < -0.3 is 23.7 Å². The number of sulfonamides is 1. The number of carbonyl (C=O) groups is 2. The lowest BCUT2D eigenvalue weighted by atomic mass is 10.1. The minimum absolute atomic E-state index is 0.0374. The van der Waals surface area contributed by atoms with Crippen molar-refractivity contribution >= 4 is 44.8 Å². The van der Waals surface area contributed by atoms with E-state index in [0.717, 1.165) is 25.3 Å². The van der Waals surface area contributed by atoms with Gasteiger partial charge >= 0.3 is 27.5 Å². The largest absolute Gasteiger partial charge is 0.516 e. The zero-order chi connectivity index (χ0) is 36.2. The van der Waals surface area contributed by atoms with Crippen molar-refractivity contribution in [1.29, 1.82) is 5.26 Å². The fraction of sp³-hybridized carbons (Fsp3) is 0.129. The summed E-state index contributed by atoms with van der Waals surface area (Å²) < 4.78 is 85.5. The summed E-state index contributed by atoms with van der Waals surface area (Å²) in [5.74, 6) is -0.506. The zero-order valence-corrected chi connectivity index (χ0v) is 27.1. The van der Waals surface area contributed by atoms with Gasteiger partial charge in [0.15, 0.2) is 0 Å². The first-order valence-corrected chi connectivity index (χ1v) is 15.1. The Morgan fingerprint density at radius 2 is 1.49 bits per heavy atom. The van der Waals surface area contributed by atoms with E-state index in [0.29, 0.717) is 22.6 Å². The van der Waals surface area contributed by atoms with Crippen LogP contribution >= 0.6 is 11.6 Å². The molecule has 18 heteroatoms. The van der Waals surface area contributed by atoms with Gasteiger partial charge in [-0.3, -0.25) is 4.72 Å². The molecule has 0 bridgehead atoms. The van der Waals surface area contributed by atoms with Crippen molar-refractivity contribution in [3.63, 3.8) is 0 Å². The molecule has 13 nitrogen and oxygen atoms in total. The fourth-order valence-electron chi connectivity index (χ4n) is 3.62. The van der Waals surface area contributed by atoms with Gasteiger partial charge in [-0.1, -0.05) is 41.9 Å². The Balaban J connectivity index is 0.000000295. The Morgan fingerprint density at radius 3 is 2.08 bits per heavy atom. The lowest BCUT2D eigenvalue weighted by molar-refractivity contribution is -0.133. The number of nitrogens with zero attached hydrogens (tertiary/aromatic N) is 3. The van der Waals surface area contributed by atoms with Gasteiger partial charge in [0, 0.05) is 10.6 Å². The van der Waals surface area contributed by atoms with Crippen LogP contribution in [0.15, 0.2) is 85.4 Å². The highest BCUT2D eigenvalue weighted by atomic mass is 35.5. The molecule has 0 atom stereocenters. The van der Waals surface area contributed by atoms with Crippen LogP contribution in [0.2, 0.25) is 5.02 Å². The molecule has 0 fully saturated rings. The van der Waals surface area contributed by atoms with Gasteiger partial charge in [-0.15, -0.1) is 0 Å². The number of nitrogens with one attached hydrogen (secondary N) is 1. The van der Waals surface area contributed by atoms with Gasteiger partial charge in [0.2, 0.25) is 11.8 Å². The first-order valence-electron chi connectivity index (χ1n) is 13.3. The van der Waals surface area contributed by atoms with Crippen LogP contribution in [0.3, 0.4) is 0 Å². The molecule has 3 aromatic carbocycles. The van der Waals surface area contributed by atoms with Gasteiger partial charge in [-0.25, -0.2) is 19.6 Å². The summed E-state index contributed by atoms with van der Waals surface area (Å²) in [5.41, 5.74) is -5.49. The highest BCUT2D eigenvalue weighted by molar-refractivity contribution is 7.93. The average Bonchev–Trinajstić information content (AvgIpc) is 3.08. The Labute approximate surface area is 282 Å². The van der Waals surface area contributed by atoms with Crippen LogP contribution in [0.5, 0.6) is 23.3 Å². The second-order valence-electron chi connectivity index (χ2n) is 8.99. The van der Waals surface area contributed by atoms with Crippen LogP contribution in [0.4, 0.5) is 18.9 Å². The van der Waals surface area contributed by atoms with Crippen molar-refractivity contribution in [2.45, 2.75) is 5.51 Å². The van der Waals surface area contributed by atoms with Gasteiger partial charge in [-0.05, 0) is 36.4 Å². The number of alkyl halides is 3. The highest BCUT2D eigenvalue weighted by Crippen LogP contribution is 2.32. The summed E-state index contributed by atoms with van der Waals surface area (Å²) in [5, 5.41) is 9.23. The first-order chi connectivity index (χ1) is 23.2. The van der Waals surface area contributed by atoms with E-state index in [9.17, 15) is 36.4 Å². The third kappa shape index (κ3) is 10.1. The number of anilines is 1. The number of ether oxygens (including phenoxy) is 5. The fourth-order valence-corrected chi connectivity index (χ4v) is 4.38. The van der Waals surface area contributed by atoms with E-state index in [-0.39, 0.29) is 22.4 Å². The summed E-state index contributed by atoms with van der Waals surface area (Å²) in [6.45, 7) is 0. The lowest BCUT2D eigenvalue weighted by Crippen LogP contribution is -2.30. The van der Waals surface area contributed by atoms with E-state index in [4.69, 9.17) is 30.5 Å². The maximum Gasteiger partial charge on any atom is 0.516 e. The predicted molar refractivity (Wildman–Crippen MR) is 168 cm³/mol. The minimum atomic E-state index is -5.63. The van der Waals surface area contributed by atoms with E-state index in [1.165, 1.54) is 37.6 Å². The summed E-state index contributed by atoms with van der Waals surface area (Å²) in [4.78, 5) is 31.6. The second-order valence-corrected chi connectivity index (χ2v) is 11.1. The van der Waals surface area contributed by atoms with Gasteiger partial charge in [0.05, 0.1) is 50.5 Å². The lowest BCUT2D eigenvalue weighted by Gasteiger charge is -2.13. The first kappa shape index (κ1) is 37.6. The van der Waals surface area contributed by atoms with E-state index in [2.05, 4.69) is 20.8 Å². The number of methoxy groups -OCH3 is 3. The van der Waals surface area contributed by atoms with E-state index >= 15 is 0 Å². The normalized spacial score (nSPS) is 11.2. The number of aromatic nitrogens is 2. The van der Waals surface area contributed by atoms with Crippen LogP contribution in [0.1, 0.15) is 21.5 Å². The Bertz CT molecular complexity index is 2000. The molecule has 256 valence electrons. The van der Waals surface area contributed by atoms with Crippen molar-refractivity contribution in [3.8, 4) is 29.3 Å². The topological polar surface area (TPSA) is 176 Å². The Hall–Kier alpha value is -5.86. The molecule has 1 N–H and O–H groups in total. The molecule has 0 amide bonds. The van der Waals surface area contributed by atoms with Crippen LogP contribution in [-0.2, 0) is 29.0 Å². The molecular weight excluding hydrogens is 697 g/mol. The maximum absolute atomic E-state index is 12.2. The zero-order valence-electron chi connectivity index (χ0n) is 25.5. The number of benzene rings is 3. The van der Waals surface area contributed by atoms with Crippen molar-refractivity contribution in [2.75, 3.05) is 26.1 Å². The van der Waals surface area contributed by atoms with Gasteiger partial charge in [-0.2, -0.15) is 26.9 Å². The number of para-hydroxylation sites is 2. The molecule has 0 aliphatic heterocycles. The monoisotopic (exact) mass is 720 g/mol. The number of carbonyl (C=O) groups excluding carboxylic acids is 2. The van der Waals surface area contributed by atoms with E-state index < -0.39 is 38.7 Å². The number of rotatable bonds is 10. The molecule has 0 aliphatic rings. The third-order valence-corrected chi connectivity index (χ3v) is 7.14. The summed E-state index contributed by atoms with van der Waals surface area (Å²) >= 11 is 5.57. The summed E-state index contributed by atoms with van der Waals surface area (Å²) in [7, 11) is -1.93. The summed E-state index contributed by atoms with van der Waals surface area (Å²) in [6.07, 6.45) is 2.55. The average molecular weight is 721 g/mol. The smallest absolute Gasteiger partial charge is 0.503 e. The van der Waals surface area contributed by atoms with Crippen molar-refractivity contribution in [3.05, 3.63) is 107 Å².